The molecule has 0 aliphatic heterocycles. The fraction of sp³-hybridized carbons (Fsp3) is 0.156. The maximum absolute atomic E-state index is 13.6. The lowest BCUT2D eigenvalue weighted by molar-refractivity contribution is -0.118. The SMILES string of the molecule is COC(=O)c1cccc(-c2ccc(CN(C(=O)CN(C)S(=O)(=O)c3ccc(C)cc3)c3ccc(C(=O)O)c(O)c3)cc2)c1. The second-order valence-corrected chi connectivity index (χ2v) is 11.9. The van der Waals surface area contributed by atoms with Crippen molar-refractivity contribution in [3.63, 3.8) is 0 Å². The molecule has 0 atom stereocenters. The average molecular weight is 603 g/mol. The van der Waals surface area contributed by atoms with E-state index in [0.717, 1.165) is 27.1 Å². The zero-order chi connectivity index (χ0) is 31.3. The number of carboxylic acid groups (broad SMARTS) is 1. The van der Waals surface area contributed by atoms with Crippen LogP contribution in [-0.2, 0) is 26.1 Å². The quantitative estimate of drug-likeness (QED) is 0.249. The van der Waals surface area contributed by atoms with Gasteiger partial charge in [-0.05, 0) is 60.0 Å². The smallest absolute Gasteiger partial charge is 0.339 e. The van der Waals surface area contributed by atoms with Crippen molar-refractivity contribution in [2.45, 2.75) is 18.4 Å². The second-order valence-electron chi connectivity index (χ2n) is 9.83. The molecule has 0 fully saturated rings. The Morgan fingerprint density at radius 1 is 0.860 bits per heavy atom. The van der Waals surface area contributed by atoms with E-state index in [-0.39, 0.29) is 22.7 Å². The lowest BCUT2D eigenvalue weighted by Crippen LogP contribution is -2.41. The lowest BCUT2D eigenvalue weighted by atomic mass is 10.0. The Hall–Kier alpha value is -5.00. The molecule has 0 saturated carbocycles. The Kier molecular flexibility index (Phi) is 9.27. The predicted molar refractivity (Wildman–Crippen MR) is 160 cm³/mol. The number of aryl methyl sites for hydroxylation is 1. The zero-order valence-electron chi connectivity index (χ0n) is 23.7. The van der Waals surface area contributed by atoms with Crippen LogP contribution in [-0.4, -0.2) is 61.5 Å². The molecule has 222 valence electrons. The van der Waals surface area contributed by atoms with Gasteiger partial charge in [-0.1, -0.05) is 54.1 Å². The Bertz CT molecular complexity index is 1770. The number of methoxy groups -OCH3 is 1. The number of sulfonamides is 1. The van der Waals surface area contributed by atoms with E-state index in [2.05, 4.69) is 0 Å². The molecule has 0 aromatic heterocycles. The van der Waals surface area contributed by atoms with Crippen LogP contribution in [0.15, 0.2) is 95.9 Å². The molecule has 0 aliphatic carbocycles. The van der Waals surface area contributed by atoms with Gasteiger partial charge < -0.3 is 19.8 Å². The van der Waals surface area contributed by atoms with E-state index in [1.165, 1.54) is 43.3 Å². The number of carboxylic acids is 1. The zero-order valence-corrected chi connectivity index (χ0v) is 24.5. The van der Waals surface area contributed by atoms with Crippen LogP contribution in [0, 0.1) is 6.92 Å². The number of rotatable bonds is 10. The molecule has 0 heterocycles. The first-order valence-corrected chi connectivity index (χ1v) is 14.5. The number of benzene rings is 4. The van der Waals surface area contributed by atoms with Crippen molar-refractivity contribution < 1.29 is 37.8 Å². The van der Waals surface area contributed by atoms with Crippen LogP contribution < -0.4 is 4.90 Å². The first-order valence-electron chi connectivity index (χ1n) is 13.1. The fourth-order valence-electron chi connectivity index (χ4n) is 4.37. The minimum absolute atomic E-state index is 0.00834. The number of nitrogens with zero attached hydrogens (tertiary/aromatic N) is 2. The summed E-state index contributed by atoms with van der Waals surface area (Å²) in [5, 5.41) is 19.6. The third-order valence-electron chi connectivity index (χ3n) is 6.82. The number of aromatic carboxylic acids is 1. The molecule has 0 spiro atoms. The van der Waals surface area contributed by atoms with E-state index in [4.69, 9.17) is 4.74 Å². The number of hydrogen-bond donors (Lipinski definition) is 2. The van der Waals surface area contributed by atoms with Crippen LogP contribution >= 0.6 is 0 Å². The molecule has 43 heavy (non-hydrogen) atoms. The average Bonchev–Trinajstić information content (AvgIpc) is 2.99. The molecule has 0 saturated heterocycles. The van der Waals surface area contributed by atoms with Gasteiger partial charge in [0, 0.05) is 18.8 Å². The van der Waals surface area contributed by atoms with Gasteiger partial charge in [-0.2, -0.15) is 4.31 Å². The minimum atomic E-state index is -3.99. The van der Waals surface area contributed by atoms with E-state index in [1.807, 2.05) is 25.1 Å². The van der Waals surface area contributed by atoms with Gasteiger partial charge in [0.25, 0.3) is 0 Å². The molecule has 4 aromatic carbocycles. The summed E-state index contributed by atoms with van der Waals surface area (Å²) in [6.07, 6.45) is 0. The highest BCUT2D eigenvalue weighted by Crippen LogP contribution is 2.28. The second kappa shape index (κ2) is 12.9. The third kappa shape index (κ3) is 7.08. The lowest BCUT2D eigenvalue weighted by Gasteiger charge is -2.26. The van der Waals surface area contributed by atoms with Crippen molar-refractivity contribution in [3.8, 4) is 16.9 Å². The number of amides is 1. The number of anilines is 1. The van der Waals surface area contributed by atoms with Gasteiger partial charge in [-0.25, -0.2) is 18.0 Å². The molecule has 10 nitrogen and oxygen atoms in total. The van der Waals surface area contributed by atoms with E-state index in [1.54, 1.807) is 42.5 Å². The molecule has 2 N–H and O–H groups in total. The molecule has 0 bridgehead atoms. The van der Waals surface area contributed by atoms with Crippen molar-refractivity contribution in [1.82, 2.24) is 4.31 Å². The summed E-state index contributed by atoms with van der Waals surface area (Å²) in [7, 11) is -1.38. The van der Waals surface area contributed by atoms with Crippen LogP contribution in [0.5, 0.6) is 5.75 Å². The summed E-state index contributed by atoms with van der Waals surface area (Å²) in [4.78, 5) is 38.3. The Labute approximate surface area is 249 Å². The maximum Gasteiger partial charge on any atom is 0.339 e. The Morgan fingerprint density at radius 2 is 1.53 bits per heavy atom. The third-order valence-corrected chi connectivity index (χ3v) is 8.64. The normalized spacial score (nSPS) is 11.3. The van der Waals surface area contributed by atoms with E-state index < -0.39 is 40.2 Å². The first-order chi connectivity index (χ1) is 20.4. The van der Waals surface area contributed by atoms with Crippen LogP contribution in [0.25, 0.3) is 11.1 Å². The number of aromatic hydroxyl groups is 1. The van der Waals surface area contributed by atoms with Crippen LogP contribution in [0.4, 0.5) is 5.69 Å². The van der Waals surface area contributed by atoms with Gasteiger partial charge in [0.2, 0.25) is 15.9 Å². The number of likely N-dealkylation sites (N-methyl/N-ethyl adjacent to an activating group) is 1. The number of ether oxygens (including phenoxy) is 1. The topological polar surface area (TPSA) is 142 Å². The number of carbonyl (C=O) groups excluding carboxylic acids is 2. The molecule has 0 aliphatic rings. The monoisotopic (exact) mass is 602 g/mol. The number of carbonyl (C=O) groups is 3. The number of esters is 1. The molecule has 0 radical (unpaired) electrons. The molecule has 4 rings (SSSR count). The van der Waals surface area contributed by atoms with Crippen LogP contribution in [0.3, 0.4) is 0 Å². The van der Waals surface area contributed by atoms with E-state index in [0.29, 0.717) is 11.1 Å². The summed E-state index contributed by atoms with van der Waals surface area (Å²) in [5.41, 5.74) is 3.38. The number of phenols is 1. The van der Waals surface area contributed by atoms with Gasteiger partial charge in [0.15, 0.2) is 0 Å². The van der Waals surface area contributed by atoms with Gasteiger partial charge in [0.05, 0.1) is 30.7 Å². The number of hydrogen-bond acceptors (Lipinski definition) is 7. The van der Waals surface area contributed by atoms with Crippen molar-refractivity contribution >= 4 is 33.6 Å². The highest BCUT2D eigenvalue weighted by molar-refractivity contribution is 7.89. The predicted octanol–water partition coefficient (Wildman–Crippen LogP) is 4.71. The van der Waals surface area contributed by atoms with Crippen LogP contribution in [0.2, 0.25) is 0 Å². The minimum Gasteiger partial charge on any atom is -0.507 e. The standard InChI is InChI=1S/C32H30N2O8S/c1-21-7-14-27(15-8-21)43(40,41)33(2)20-30(36)34(26-13-16-28(31(37)38)29(35)18-26)19-22-9-11-23(12-10-22)24-5-4-6-25(17-24)32(39)42-3/h4-18,35H,19-20H2,1-3H3,(H,37,38). The highest BCUT2D eigenvalue weighted by atomic mass is 32.2. The van der Waals surface area contributed by atoms with Gasteiger partial charge in [-0.3, -0.25) is 4.79 Å². The fourth-order valence-corrected chi connectivity index (χ4v) is 5.49. The molecular formula is C32H30N2O8S. The van der Waals surface area contributed by atoms with Gasteiger partial charge in [0.1, 0.15) is 11.3 Å². The maximum atomic E-state index is 13.6. The van der Waals surface area contributed by atoms with Crippen molar-refractivity contribution in [3.05, 3.63) is 113 Å². The molecule has 11 heteroatoms. The molecule has 4 aromatic rings. The summed E-state index contributed by atoms with van der Waals surface area (Å²) >= 11 is 0. The van der Waals surface area contributed by atoms with Crippen molar-refractivity contribution in [2.24, 2.45) is 0 Å². The molecular weight excluding hydrogens is 572 g/mol. The van der Waals surface area contributed by atoms with Gasteiger partial charge >= 0.3 is 11.9 Å². The van der Waals surface area contributed by atoms with Crippen molar-refractivity contribution in [2.75, 3.05) is 25.6 Å². The first kappa shape index (κ1) is 30.9. The van der Waals surface area contributed by atoms with E-state index >= 15 is 0 Å². The Morgan fingerprint density at radius 3 is 2.14 bits per heavy atom. The highest BCUT2D eigenvalue weighted by Gasteiger charge is 2.27. The summed E-state index contributed by atoms with van der Waals surface area (Å²) in [6, 6.07) is 24.1. The molecule has 1 amide bonds. The van der Waals surface area contributed by atoms with Crippen molar-refractivity contribution in [1.29, 1.82) is 0 Å². The Balaban J connectivity index is 1.63. The summed E-state index contributed by atoms with van der Waals surface area (Å²) in [5.74, 6) is -2.93. The largest absolute Gasteiger partial charge is 0.507 e. The van der Waals surface area contributed by atoms with Crippen LogP contribution in [0.1, 0.15) is 31.8 Å². The summed E-state index contributed by atoms with van der Waals surface area (Å²) < 4.78 is 32.0. The van der Waals surface area contributed by atoms with Gasteiger partial charge in [-0.15, -0.1) is 0 Å². The molecule has 0 unspecified atom stereocenters. The van der Waals surface area contributed by atoms with E-state index in [9.17, 15) is 33.0 Å². The summed E-state index contributed by atoms with van der Waals surface area (Å²) in [6.45, 7) is 1.31.